The molecule has 7 heteroatoms. The number of aryl methyl sites for hydroxylation is 2. The fourth-order valence-electron chi connectivity index (χ4n) is 4.88. The van der Waals surface area contributed by atoms with Gasteiger partial charge in [0.2, 0.25) is 0 Å². The van der Waals surface area contributed by atoms with E-state index < -0.39 is 40.7 Å². The lowest BCUT2D eigenvalue weighted by Gasteiger charge is -2.09. The first-order chi connectivity index (χ1) is 20.5. The summed E-state index contributed by atoms with van der Waals surface area (Å²) in [6, 6.07) is 16.7. The third-order valence-corrected chi connectivity index (χ3v) is 7.05. The van der Waals surface area contributed by atoms with Gasteiger partial charge in [0, 0.05) is 22.3 Å². The van der Waals surface area contributed by atoms with Crippen LogP contribution in [0.4, 0.5) is 30.7 Å². The number of rotatable bonds is 5. The highest BCUT2D eigenvalue weighted by molar-refractivity contribution is 5.72. The van der Waals surface area contributed by atoms with Gasteiger partial charge in [0.05, 0.1) is 5.56 Å². The van der Waals surface area contributed by atoms with Crippen LogP contribution in [0, 0.1) is 59.5 Å². The van der Waals surface area contributed by atoms with Crippen molar-refractivity contribution in [3.63, 3.8) is 0 Å². The standard InChI is InChI=1S/C36H23F7/c1-3-4-21-6-11-28(31(38)14-21)24-13-20(2)26(32(39)17-24)9-5-22-7-10-27(30(37)15-22)23-8-12-29(33(40)16-23)25-18-34(41)36(43)35(42)19-25/h6-8,10-19H,3-4H2,1-2H3. The maximum absolute atomic E-state index is 15.1. The second kappa shape index (κ2) is 12.2. The van der Waals surface area contributed by atoms with Crippen LogP contribution in [-0.2, 0) is 6.42 Å². The molecule has 5 aromatic rings. The molecule has 216 valence electrons. The Hall–Kier alpha value is -4.83. The fraction of sp³-hybridized carbons (Fsp3) is 0.111. The number of hydrogen-bond acceptors (Lipinski definition) is 0. The molecule has 0 atom stereocenters. The Kier molecular flexibility index (Phi) is 8.40. The Morgan fingerprint density at radius 3 is 1.65 bits per heavy atom. The maximum Gasteiger partial charge on any atom is 0.194 e. The van der Waals surface area contributed by atoms with Gasteiger partial charge in [-0.05, 0) is 89.7 Å². The molecule has 0 aliphatic carbocycles. The highest BCUT2D eigenvalue weighted by atomic mass is 19.2. The SMILES string of the molecule is CCCc1ccc(-c2cc(C)c(C#Cc3ccc(-c4ccc(-c5cc(F)c(F)c(F)c5)c(F)c4)c(F)c3)c(F)c2)c(F)c1. The van der Waals surface area contributed by atoms with Crippen LogP contribution in [0.5, 0.6) is 0 Å². The average molecular weight is 589 g/mol. The number of halogens is 7. The van der Waals surface area contributed by atoms with Gasteiger partial charge in [0.25, 0.3) is 0 Å². The minimum atomic E-state index is -1.66. The van der Waals surface area contributed by atoms with Gasteiger partial charge >= 0.3 is 0 Å². The first kappa shape index (κ1) is 29.7. The minimum absolute atomic E-state index is 0.0335. The quantitative estimate of drug-likeness (QED) is 0.109. The molecule has 0 saturated carbocycles. The van der Waals surface area contributed by atoms with Crippen LogP contribution >= 0.6 is 0 Å². The highest BCUT2D eigenvalue weighted by Crippen LogP contribution is 2.32. The van der Waals surface area contributed by atoms with Gasteiger partial charge < -0.3 is 0 Å². The van der Waals surface area contributed by atoms with Crippen LogP contribution in [0.2, 0.25) is 0 Å². The van der Waals surface area contributed by atoms with Crippen molar-refractivity contribution in [2.75, 3.05) is 0 Å². The molecule has 0 nitrogen and oxygen atoms in total. The summed E-state index contributed by atoms with van der Waals surface area (Å²) < 4.78 is 100. The topological polar surface area (TPSA) is 0 Å². The van der Waals surface area contributed by atoms with Crippen LogP contribution in [0.1, 0.15) is 35.6 Å². The molecule has 5 aromatic carbocycles. The van der Waals surface area contributed by atoms with Crippen molar-refractivity contribution in [1.82, 2.24) is 0 Å². The van der Waals surface area contributed by atoms with Crippen LogP contribution in [-0.4, -0.2) is 0 Å². The second-order valence-electron chi connectivity index (χ2n) is 10.1. The van der Waals surface area contributed by atoms with Crippen LogP contribution in [0.15, 0.2) is 78.9 Å². The van der Waals surface area contributed by atoms with Crippen LogP contribution in [0.3, 0.4) is 0 Å². The molecule has 0 unspecified atom stereocenters. The molecular weight excluding hydrogens is 565 g/mol. The van der Waals surface area contributed by atoms with Crippen molar-refractivity contribution in [3.05, 3.63) is 142 Å². The van der Waals surface area contributed by atoms with Crippen molar-refractivity contribution in [3.8, 4) is 45.2 Å². The number of hydrogen-bond donors (Lipinski definition) is 0. The van der Waals surface area contributed by atoms with E-state index in [0.717, 1.165) is 30.5 Å². The lowest BCUT2D eigenvalue weighted by atomic mass is 9.97. The summed E-state index contributed by atoms with van der Waals surface area (Å²) in [7, 11) is 0. The van der Waals surface area contributed by atoms with Gasteiger partial charge in [-0.1, -0.05) is 55.5 Å². The van der Waals surface area contributed by atoms with Crippen molar-refractivity contribution in [2.45, 2.75) is 26.7 Å². The summed E-state index contributed by atoms with van der Waals surface area (Å²) in [5.41, 5.74) is 2.10. The molecule has 0 bridgehead atoms. The molecule has 5 rings (SSSR count). The van der Waals surface area contributed by atoms with Gasteiger partial charge in [0.1, 0.15) is 23.3 Å². The zero-order valence-corrected chi connectivity index (χ0v) is 23.1. The zero-order chi connectivity index (χ0) is 30.8. The Morgan fingerprint density at radius 2 is 1.05 bits per heavy atom. The van der Waals surface area contributed by atoms with E-state index in [4.69, 9.17) is 0 Å². The molecule has 0 aromatic heterocycles. The molecule has 0 N–H and O–H groups in total. The predicted octanol–water partition coefficient (Wildman–Crippen LogP) is 10.3. The molecule has 0 amide bonds. The van der Waals surface area contributed by atoms with Crippen molar-refractivity contribution < 1.29 is 30.7 Å². The molecule has 0 aliphatic rings. The summed E-state index contributed by atoms with van der Waals surface area (Å²) in [4.78, 5) is 0. The van der Waals surface area contributed by atoms with Gasteiger partial charge in [-0.25, -0.2) is 30.7 Å². The predicted molar refractivity (Wildman–Crippen MR) is 154 cm³/mol. The van der Waals surface area contributed by atoms with E-state index in [2.05, 4.69) is 11.8 Å². The van der Waals surface area contributed by atoms with Crippen molar-refractivity contribution in [2.24, 2.45) is 0 Å². The number of benzene rings is 5. The normalized spacial score (nSPS) is 10.9. The van der Waals surface area contributed by atoms with Crippen molar-refractivity contribution in [1.29, 1.82) is 0 Å². The van der Waals surface area contributed by atoms with Gasteiger partial charge in [-0.3, -0.25) is 0 Å². The van der Waals surface area contributed by atoms with Gasteiger partial charge in [-0.15, -0.1) is 0 Å². The zero-order valence-electron chi connectivity index (χ0n) is 23.1. The van der Waals surface area contributed by atoms with Crippen molar-refractivity contribution >= 4 is 0 Å². The summed E-state index contributed by atoms with van der Waals surface area (Å²) >= 11 is 0. The molecular formula is C36H23F7. The molecule has 0 saturated heterocycles. The van der Waals surface area contributed by atoms with E-state index in [1.165, 1.54) is 36.4 Å². The summed E-state index contributed by atoms with van der Waals surface area (Å²) in [6.07, 6.45) is 1.62. The first-order valence-corrected chi connectivity index (χ1v) is 13.4. The third kappa shape index (κ3) is 6.19. The highest BCUT2D eigenvalue weighted by Gasteiger charge is 2.16. The monoisotopic (exact) mass is 588 g/mol. The Labute approximate surface area is 244 Å². The maximum atomic E-state index is 15.1. The van der Waals surface area contributed by atoms with Crippen LogP contribution < -0.4 is 0 Å². The molecule has 0 heterocycles. The van der Waals surface area contributed by atoms with E-state index in [1.807, 2.05) is 13.0 Å². The Bertz CT molecular complexity index is 1880. The second-order valence-corrected chi connectivity index (χ2v) is 10.1. The molecule has 0 radical (unpaired) electrons. The smallest absolute Gasteiger partial charge is 0.194 e. The molecule has 0 aliphatic heterocycles. The van der Waals surface area contributed by atoms with E-state index in [-0.39, 0.29) is 38.9 Å². The summed E-state index contributed by atoms with van der Waals surface area (Å²) in [5, 5.41) is 0. The van der Waals surface area contributed by atoms with E-state index >= 15 is 8.78 Å². The van der Waals surface area contributed by atoms with E-state index in [9.17, 15) is 22.0 Å². The van der Waals surface area contributed by atoms with E-state index in [0.29, 0.717) is 23.3 Å². The van der Waals surface area contributed by atoms with Gasteiger partial charge in [-0.2, -0.15) is 0 Å². The minimum Gasteiger partial charge on any atom is -0.206 e. The largest absolute Gasteiger partial charge is 0.206 e. The third-order valence-electron chi connectivity index (χ3n) is 7.05. The first-order valence-electron chi connectivity index (χ1n) is 13.4. The van der Waals surface area contributed by atoms with E-state index in [1.54, 1.807) is 19.1 Å². The van der Waals surface area contributed by atoms with Crippen LogP contribution in [0.25, 0.3) is 33.4 Å². The fourth-order valence-corrected chi connectivity index (χ4v) is 4.88. The summed E-state index contributed by atoms with van der Waals surface area (Å²) in [5.74, 6) is -1.84. The molecule has 0 spiro atoms. The lowest BCUT2D eigenvalue weighted by Crippen LogP contribution is -1.95. The Balaban J connectivity index is 1.40. The lowest BCUT2D eigenvalue weighted by molar-refractivity contribution is 0.447. The average Bonchev–Trinajstić information content (AvgIpc) is 2.95. The molecule has 0 fully saturated rings. The van der Waals surface area contributed by atoms with Gasteiger partial charge in [0.15, 0.2) is 17.5 Å². The summed E-state index contributed by atoms with van der Waals surface area (Å²) in [6.45, 7) is 3.65. The Morgan fingerprint density at radius 1 is 0.512 bits per heavy atom. The molecule has 43 heavy (non-hydrogen) atoms.